The van der Waals surface area contributed by atoms with Crippen molar-refractivity contribution in [3.63, 3.8) is 0 Å². The van der Waals surface area contributed by atoms with Crippen LogP contribution in [0.4, 0.5) is 11.5 Å². The fourth-order valence-corrected chi connectivity index (χ4v) is 3.72. The molecule has 6 aromatic rings. The average molecular weight is 430 g/mol. The number of nitrogens with one attached hydrogen (secondary N) is 3. The minimum Gasteiger partial charge on any atom is -0.353 e. The highest BCUT2D eigenvalue weighted by Crippen LogP contribution is 2.27. The first-order valence-electron chi connectivity index (χ1n) is 10.4. The van der Waals surface area contributed by atoms with E-state index in [9.17, 15) is 0 Å². The number of aromatic amines is 2. The Morgan fingerprint density at radius 2 is 1.73 bits per heavy atom. The summed E-state index contributed by atoms with van der Waals surface area (Å²) in [5.41, 5.74) is 6.73. The standard InChI is InChI=1S/C25H18N8/c1-2-21(33-27-10-1)23-12-17-3-4-18(13-22(17)31-23)25-26-11-9-24(32-25)30-20-7-5-16(6-8-20)19-14-28-29-15-19/h1-15,31H,(H,28,29)(H,26,30,32). The van der Waals surface area contributed by atoms with Gasteiger partial charge in [0.1, 0.15) is 11.5 Å². The SMILES string of the molecule is c1cnnc(-c2cc3ccc(-c4nccc(Nc5ccc(-c6cn[nH]c6)cc5)n4)cc3[nH]2)c1. The summed E-state index contributed by atoms with van der Waals surface area (Å²) in [6.07, 6.45) is 7.09. The number of nitrogens with zero attached hydrogens (tertiary/aromatic N) is 5. The molecule has 0 bridgehead atoms. The van der Waals surface area contributed by atoms with E-state index in [4.69, 9.17) is 4.98 Å². The topological polar surface area (TPSA) is 108 Å². The number of rotatable bonds is 5. The van der Waals surface area contributed by atoms with Crippen LogP contribution in [0.2, 0.25) is 0 Å². The van der Waals surface area contributed by atoms with Gasteiger partial charge in [0.15, 0.2) is 5.82 Å². The summed E-state index contributed by atoms with van der Waals surface area (Å²) in [6.45, 7) is 0. The molecule has 0 spiro atoms. The predicted molar refractivity (Wildman–Crippen MR) is 128 cm³/mol. The molecule has 8 heteroatoms. The van der Waals surface area contributed by atoms with Crippen molar-refractivity contribution in [3.8, 4) is 33.9 Å². The maximum atomic E-state index is 4.71. The zero-order valence-electron chi connectivity index (χ0n) is 17.4. The molecule has 33 heavy (non-hydrogen) atoms. The van der Waals surface area contributed by atoms with Crippen LogP contribution in [0.3, 0.4) is 0 Å². The van der Waals surface area contributed by atoms with E-state index in [-0.39, 0.29) is 0 Å². The van der Waals surface area contributed by atoms with Crippen LogP contribution in [-0.2, 0) is 0 Å². The summed E-state index contributed by atoms with van der Waals surface area (Å²) in [7, 11) is 0. The fraction of sp³-hybridized carbons (Fsp3) is 0. The minimum atomic E-state index is 0.646. The van der Waals surface area contributed by atoms with E-state index in [1.54, 1.807) is 18.6 Å². The quantitative estimate of drug-likeness (QED) is 0.346. The number of aromatic nitrogens is 7. The lowest BCUT2D eigenvalue weighted by molar-refractivity contribution is 1.03. The first-order valence-corrected chi connectivity index (χ1v) is 10.4. The van der Waals surface area contributed by atoms with Gasteiger partial charge in [-0.2, -0.15) is 10.2 Å². The summed E-state index contributed by atoms with van der Waals surface area (Å²) in [6, 6.07) is 22.0. The molecule has 0 saturated heterocycles. The molecule has 3 N–H and O–H groups in total. The molecule has 4 heterocycles. The van der Waals surface area contributed by atoms with Crippen LogP contribution < -0.4 is 5.32 Å². The van der Waals surface area contributed by atoms with Gasteiger partial charge in [0.2, 0.25) is 0 Å². The number of H-pyrrole nitrogens is 2. The molecular formula is C25H18N8. The first kappa shape index (κ1) is 18.9. The smallest absolute Gasteiger partial charge is 0.161 e. The second kappa shape index (κ2) is 8.01. The third-order valence-electron chi connectivity index (χ3n) is 5.37. The van der Waals surface area contributed by atoms with E-state index in [1.807, 2.05) is 60.8 Å². The van der Waals surface area contributed by atoms with E-state index in [0.717, 1.165) is 50.5 Å². The van der Waals surface area contributed by atoms with Crippen LogP contribution in [0.1, 0.15) is 0 Å². The predicted octanol–water partition coefficient (Wildman–Crippen LogP) is 5.22. The van der Waals surface area contributed by atoms with Crippen LogP contribution in [0.15, 0.2) is 91.5 Å². The van der Waals surface area contributed by atoms with Gasteiger partial charge in [-0.05, 0) is 48.0 Å². The highest BCUT2D eigenvalue weighted by molar-refractivity contribution is 5.88. The summed E-state index contributed by atoms with van der Waals surface area (Å²) >= 11 is 0. The fourth-order valence-electron chi connectivity index (χ4n) is 3.72. The van der Waals surface area contributed by atoms with E-state index >= 15 is 0 Å². The van der Waals surface area contributed by atoms with Gasteiger partial charge < -0.3 is 10.3 Å². The molecule has 8 nitrogen and oxygen atoms in total. The Labute approximate surface area is 188 Å². The molecular weight excluding hydrogens is 412 g/mol. The molecule has 0 amide bonds. The molecule has 0 saturated carbocycles. The number of anilines is 2. The highest BCUT2D eigenvalue weighted by atomic mass is 15.1. The normalized spacial score (nSPS) is 11.0. The van der Waals surface area contributed by atoms with Crippen molar-refractivity contribution in [1.29, 1.82) is 0 Å². The van der Waals surface area contributed by atoms with Crippen molar-refractivity contribution >= 4 is 22.4 Å². The van der Waals surface area contributed by atoms with Gasteiger partial charge in [0.25, 0.3) is 0 Å². The molecule has 0 unspecified atom stereocenters. The van der Waals surface area contributed by atoms with Gasteiger partial charge in [0, 0.05) is 46.3 Å². The minimum absolute atomic E-state index is 0.646. The average Bonchev–Trinajstić information content (AvgIpc) is 3.55. The van der Waals surface area contributed by atoms with E-state index in [0.29, 0.717) is 5.82 Å². The lowest BCUT2D eigenvalue weighted by atomic mass is 10.1. The third kappa shape index (κ3) is 3.81. The second-order valence-electron chi connectivity index (χ2n) is 7.55. The third-order valence-corrected chi connectivity index (χ3v) is 5.37. The second-order valence-corrected chi connectivity index (χ2v) is 7.55. The molecule has 0 atom stereocenters. The Bertz CT molecular complexity index is 1520. The van der Waals surface area contributed by atoms with Crippen molar-refractivity contribution in [3.05, 3.63) is 91.5 Å². The Morgan fingerprint density at radius 3 is 2.55 bits per heavy atom. The Hall–Kier alpha value is -4.85. The molecule has 6 rings (SSSR count). The number of hydrogen-bond acceptors (Lipinski definition) is 6. The number of fused-ring (bicyclic) bond motifs is 1. The molecule has 0 fully saturated rings. The van der Waals surface area contributed by atoms with E-state index in [2.05, 4.69) is 47.8 Å². The van der Waals surface area contributed by atoms with E-state index in [1.165, 1.54) is 0 Å². The molecule has 4 aromatic heterocycles. The van der Waals surface area contributed by atoms with Gasteiger partial charge in [-0.25, -0.2) is 9.97 Å². The molecule has 0 radical (unpaired) electrons. The zero-order valence-corrected chi connectivity index (χ0v) is 17.4. The Balaban J connectivity index is 1.26. The van der Waals surface area contributed by atoms with Gasteiger partial charge in [-0.3, -0.25) is 5.10 Å². The van der Waals surface area contributed by atoms with Gasteiger partial charge in [-0.1, -0.05) is 24.3 Å². The van der Waals surface area contributed by atoms with Crippen molar-refractivity contribution in [2.45, 2.75) is 0 Å². The molecule has 0 aliphatic carbocycles. The zero-order chi connectivity index (χ0) is 22.0. The van der Waals surface area contributed by atoms with Gasteiger partial charge in [0.05, 0.1) is 11.9 Å². The maximum absolute atomic E-state index is 4.71. The Kier molecular flexibility index (Phi) is 4.58. The van der Waals surface area contributed by atoms with E-state index < -0.39 is 0 Å². The molecule has 0 aliphatic heterocycles. The summed E-state index contributed by atoms with van der Waals surface area (Å²) in [5.74, 6) is 1.37. The summed E-state index contributed by atoms with van der Waals surface area (Å²) in [5, 5.41) is 19.4. The molecule has 2 aromatic carbocycles. The van der Waals surface area contributed by atoms with Gasteiger partial charge in [-0.15, -0.1) is 5.10 Å². The number of benzene rings is 2. The van der Waals surface area contributed by atoms with Crippen molar-refractivity contribution < 1.29 is 0 Å². The van der Waals surface area contributed by atoms with Gasteiger partial charge >= 0.3 is 0 Å². The van der Waals surface area contributed by atoms with Crippen molar-refractivity contribution in [2.75, 3.05) is 5.32 Å². The first-order chi connectivity index (χ1) is 16.3. The van der Waals surface area contributed by atoms with Crippen LogP contribution in [0.25, 0.3) is 44.8 Å². The summed E-state index contributed by atoms with van der Waals surface area (Å²) in [4.78, 5) is 12.6. The Morgan fingerprint density at radius 1 is 0.818 bits per heavy atom. The van der Waals surface area contributed by atoms with Crippen LogP contribution in [0.5, 0.6) is 0 Å². The number of hydrogen-bond donors (Lipinski definition) is 3. The van der Waals surface area contributed by atoms with Crippen LogP contribution in [0, 0.1) is 0 Å². The maximum Gasteiger partial charge on any atom is 0.161 e. The van der Waals surface area contributed by atoms with Crippen LogP contribution in [-0.4, -0.2) is 35.3 Å². The lowest BCUT2D eigenvalue weighted by Gasteiger charge is -2.08. The highest BCUT2D eigenvalue weighted by Gasteiger charge is 2.09. The van der Waals surface area contributed by atoms with Crippen molar-refractivity contribution in [1.82, 2.24) is 35.3 Å². The largest absolute Gasteiger partial charge is 0.353 e. The monoisotopic (exact) mass is 430 g/mol. The van der Waals surface area contributed by atoms with Crippen LogP contribution >= 0.6 is 0 Å². The molecule has 0 aliphatic rings. The lowest BCUT2D eigenvalue weighted by Crippen LogP contribution is -1.96. The summed E-state index contributed by atoms with van der Waals surface area (Å²) < 4.78 is 0. The molecule has 158 valence electrons. The van der Waals surface area contributed by atoms with Crippen molar-refractivity contribution in [2.24, 2.45) is 0 Å².